The third-order valence-corrected chi connectivity index (χ3v) is 1.97. The van der Waals surface area contributed by atoms with Crippen molar-refractivity contribution in [3.63, 3.8) is 0 Å². The number of rotatable bonds is 2. The van der Waals surface area contributed by atoms with E-state index in [0.29, 0.717) is 10.8 Å². The van der Waals surface area contributed by atoms with Crippen LogP contribution >= 0.6 is 11.6 Å². The Morgan fingerprint density at radius 2 is 2.07 bits per heavy atom. The van der Waals surface area contributed by atoms with Crippen LogP contribution in [0.1, 0.15) is 0 Å². The number of halogens is 2. The molecule has 0 amide bonds. The summed E-state index contributed by atoms with van der Waals surface area (Å²) in [4.78, 5) is 7.21. The van der Waals surface area contributed by atoms with E-state index in [9.17, 15) is 4.39 Å². The molecule has 2 aromatic rings. The Morgan fingerprint density at radius 1 is 1.20 bits per heavy atom. The highest BCUT2D eigenvalue weighted by Crippen LogP contribution is 2.18. The summed E-state index contributed by atoms with van der Waals surface area (Å²) in [6.45, 7) is 0. The van der Waals surface area contributed by atoms with Gasteiger partial charge in [0, 0.05) is 16.8 Å². The van der Waals surface area contributed by atoms with Crippen LogP contribution in [0.15, 0.2) is 36.7 Å². The van der Waals surface area contributed by atoms with Gasteiger partial charge in [0.1, 0.15) is 12.1 Å². The number of anilines is 2. The topological polar surface area (TPSA) is 37.8 Å². The van der Waals surface area contributed by atoms with Crippen molar-refractivity contribution in [3.05, 3.63) is 47.6 Å². The average molecular weight is 224 g/mol. The van der Waals surface area contributed by atoms with E-state index >= 15 is 0 Å². The number of aromatic nitrogens is 2. The van der Waals surface area contributed by atoms with Crippen LogP contribution in [-0.4, -0.2) is 9.97 Å². The zero-order valence-electron chi connectivity index (χ0n) is 7.61. The molecule has 0 atom stereocenters. The molecule has 0 radical (unpaired) electrons. The van der Waals surface area contributed by atoms with Gasteiger partial charge in [-0.2, -0.15) is 4.39 Å². The lowest BCUT2D eigenvalue weighted by molar-refractivity contribution is 0.580. The van der Waals surface area contributed by atoms with Gasteiger partial charge in [-0.3, -0.25) is 0 Å². The van der Waals surface area contributed by atoms with Crippen molar-refractivity contribution in [2.45, 2.75) is 0 Å². The summed E-state index contributed by atoms with van der Waals surface area (Å²) < 4.78 is 12.7. The van der Waals surface area contributed by atoms with Gasteiger partial charge in [-0.1, -0.05) is 17.7 Å². The summed E-state index contributed by atoms with van der Waals surface area (Å²) in [5, 5.41) is 3.52. The standard InChI is InChI=1S/C10H7ClFN3/c11-7-2-1-3-8(4-7)15-10-5-9(12)13-6-14-10/h1-6H,(H,13,14,15). The van der Waals surface area contributed by atoms with E-state index in [1.807, 2.05) is 6.07 Å². The van der Waals surface area contributed by atoms with Gasteiger partial charge in [0.25, 0.3) is 0 Å². The fraction of sp³-hybridized carbons (Fsp3) is 0. The van der Waals surface area contributed by atoms with E-state index in [1.54, 1.807) is 18.2 Å². The molecule has 0 bridgehead atoms. The van der Waals surface area contributed by atoms with Crippen molar-refractivity contribution in [2.24, 2.45) is 0 Å². The highest BCUT2D eigenvalue weighted by Gasteiger charge is 1.98. The maximum absolute atomic E-state index is 12.7. The molecular weight excluding hydrogens is 217 g/mol. The molecule has 0 saturated carbocycles. The Hall–Kier alpha value is -1.68. The molecule has 76 valence electrons. The van der Waals surface area contributed by atoms with Crippen molar-refractivity contribution in [2.75, 3.05) is 5.32 Å². The van der Waals surface area contributed by atoms with E-state index < -0.39 is 5.95 Å². The zero-order chi connectivity index (χ0) is 10.7. The van der Waals surface area contributed by atoms with Crippen LogP contribution in [0.3, 0.4) is 0 Å². The van der Waals surface area contributed by atoms with E-state index in [0.717, 1.165) is 12.0 Å². The molecule has 0 fully saturated rings. The smallest absolute Gasteiger partial charge is 0.218 e. The largest absolute Gasteiger partial charge is 0.340 e. The molecule has 1 heterocycles. The molecule has 0 aliphatic heterocycles. The first kappa shape index (κ1) is 9.86. The van der Waals surface area contributed by atoms with E-state index in [4.69, 9.17) is 11.6 Å². The fourth-order valence-electron chi connectivity index (χ4n) is 1.12. The number of benzene rings is 1. The minimum absolute atomic E-state index is 0.393. The van der Waals surface area contributed by atoms with E-state index in [2.05, 4.69) is 15.3 Å². The fourth-order valence-corrected chi connectivity index (χ4v) is 1.31. The van der Waals surface area contributed by atoms with Crippen LogP contribution in [0, 0.1) is 5.95 Å². The van der Waals surface area contributed by atoms with Crippen LogP contribution in [0.5, 0.6) is 0 Å². The van der Waals surface area contributed by atoms with Gasteiger partial charge in [-0.15, -0.1) is 0 Å². The predicted molar refractivity (Wildman–Crippen MR) is 56.7 cm³/mol. The second kappa shape index (κ2) is 4.23. The lowest BCUT2D eigenvalue weighted by Gasteiger charge is -2.04. The summed E-state index contributed by atoms with van der Waals surface area (Å²) in [5.74, 6) is -0.181. The molecule has 15 heavy (non-hydrogen) atoms. The Balaban J connectivity index is 2.22. The lowest BCUT2D eigenvalue weighted by atomic mass is 10.3. The van der Waals surface area contributed by atoms with Crippen LogP contribution in [-0.2, 0) is 0 Å². The third-order valence-electron chi connectivity index (χ3n) is 1.73. The number of hydrogen-bond donors (Lipinski definition) is 1. The first-order valence-electron chi connectivity index (χ1n) is 4.24. The quantitative estimate of drug-likeness (QED) is 0.796. The summed E-state index contributed by atoms with van der Waals surface area (Å²) in [7, 11) is 0. The first-order valence-corrected chi connectivity index (χ1v) is 4.62. The van der Waals surface area contributed by atoms with Gasteiger partial charge in [-0.05, 0) is 18.2 Å². The lowest BCUT2D eigenvalue weighted by Crippen LogP contribution is -1.95. The molecule has 1 aromatic carbocycles. The molecule has 0 saturated heterocycles. The molecule has 0 unspecified atom stereocenters. The second-order valence-corrected chi connectivity index (χ2v) is 3.30. The SMILES string of the molecule is Fc1cc(Nc2cccc(Cl)c2)ncn1. The molecular formula is C10H7ClFN3. The molecule has 1 N–H and O–H groups in total. The highest BCUT2D eigenvalue weighted by molar-refractivity contribution is 6.30. The molecule has 3 nitrogen and oxygen atoms in total. The third kappa shape index (κ3) is 2.63. The predicted octanol–water partition coefficient (Wildman–Crippen LogP) is 3.01. The monoisotopic (exact) mass is 223 g/mol. The number of nitrogens with one attached hydrogen (secondary N) is 1. The van der Waals surface area contributed by atoms with Gasteiger partial charge in [0.05, 0.1) is 0 Å². The molecule has 0 spiro atoms. The molecule has 0 aliphatic rings. The molecule has 1 aromatic heterocycles. The van der Waals surface area contributed by atoms with Crippen LogP contribution in [0.25, 0.3) is 0 Å². The normalized spacial score (nSPS) is 10.0. The average Bonchev–Trinajstić information content (AvgIpc) is 2.17. The minimum Gasteiger partial charge on any atom is -0.340 e. The van der Waals surface area contributed by atoms with E-state index in [-0.39, 0.29) is 0 Å². The van der Waals surface area contributed by atoms with Gasteiger partial charge < -0.3 is 5.32 Å². The van der Waals surface area contributed by atoms with Gasteiger partial charge >= 0.3 is 0 Å². The van der Waals surface area contributed by atoms with Crippen molar-refractivity contribution >= 4 is 23.1 Å². The Morgan fingerprint density at radius 3 is 2.80 bits per heavy atom. The Bertz CT molecular complexity index is 432. The number of hydrogen-bond acceptors (Lipinski definition) is 3. The summed E-state index contributed by atoms with van der Waals surface area (Å²) >= 11 is 5.80. The molecule has 2 rings (SSSR count). The maximum atomic E-state index is 12.7. The van der Waals surface area contributed by atoms with Crippen molar-refractivity contribution < 1.29 is 4.39 Å². The number of nitrogens with zero attached hydrogens (tertiary/aromatic N) is 2. The Kier molecular flexibility index (Phi) is 2.78. The molecule has 5 heteroatoms. The van der Waals surface area contributed by atoms with Crippen molar-refractivity contribution in [3.8, 4) is 0 Å². The highest BCUT2D eigenvalue weighted by atomic mass is 35.5. The zero-order valence-corrected chi connectivity index (χ0v) is 8.37. The summed E-state index contributed by atoms with van der Waals surface area (Å²) in [6.07, 6.45) is 1.15. The first-order chi connectivity index (χ1) is 7.24. The van der Waals surface area contributed by atoms with Gasteiger partial charge in [0.15, 0.2) is 0 Å². The maximum Gasteiger partial charge on any atom is 0.218 e. The van der Waals surface area contributed by atoms with E-state index in [1.165, 1.54) is 6.07 Å². The second-order valence-electron chi connectivity index (χ2n) is 2.86. The van der Waals surface area contributed by atoms with Crippen LogP contribution in [0.2, 0.25) is 5.02 Å². The van der Waals surface area contributed by atoms with Crippen molar-refractivity contribution in [1.29, 1.82) is 0 Å². The minimum atomic E-state index is -0.575. The van der Waals surface area contributed by atoms with Gasteiger partial charge in [0.2, 0.25) is 5.95 Å². The van der Waals surface area contributed by atoms with Crippen LogP contribution in [0.4, 0.5) is 15.9 Å². The Labute approximate surface area is 90.9 Å². The molecule has 0 aliphatic carbocycles. The van der Waals surface area contributed by atoms with Crippen LogP contribution < -0.4 is 5.32 Å². The van der Waals surface area contributed by atoms with Gasteiger partial charge in [-0.25, -0.2) is 9.97 Å². The van der Waals surface area contributed by atoms with Crippen molar-refractivity contribution in [1.82, 2.24) is 9.97 Å². The summed E-state index contributed by atoms with van der Waals surface area (Å²) in [6, 6.07) is 8.30. The summed E-state index contributed by atoms with van der Waals surface area (Å²) in [5.41, 5.74) is 0.751.